The maximum atomic E-state index is 13.1. The molecule has 0 spiro atoms. The number of nitrogens with two attached hydrogens (primary N) is 1. The summed E-state index contributed by atoms with van der Waals surface area (Å²) in [7, 11) is 1.44. The van der Waals surface area contributed by atoms with Crippen LogP contribution in [-0.2, 0) is 0 Å². The molecule has 0 saturated carbocycles. The second-order valence-electron chi connectivity index (χ2n) is 4.01. The quantitative estimate of drug-likeness (QED) is 0.842. The number of rotatable bonds is 3. The van der Waals surface area contributed by atoms with E-state index in [0.29, 0.717) is 22.7 Å². The van der Waals surface area contributed by atoms with Crippen LogP contribution in [-0.4, -0.2) is 13.0 Å². The van der Waals surface area contributed by atoms with Crippen LogP contribution in [0, 0.1) is 5.82 Å². The Bertz CT molecular complexity index is 662. The van der Waals surface area contributed by atoms with Gasteiger partial charge in [-0.25, -0.2) is 4.39 Å². The summed E-state index contributed by atoms with van der Waals surface area (Å²) in [4.78, 5) is 12.2. The minimum absolute atomic E-state index is 0.273. The highest BCUT2D eigenvalue weighted by Crippen LogP contribution is 2.27. The number of hydrogen-bond donors (Lipinski definition) is 2. The van der Waals surface area contributed by atoms with Crippen molar-refractivity contribution in [2.45, 2.75) is 0 Å². The molecule has 0 unspecified atom stereocenters. The van der Waals surface area contributed by atoms with Crippen LogP contribution in [0.4, 0.5) is 15.8 Å². The van der Waals surface area contributed by atoms with Crippen LogP contribution in [0.2, 0.25) is 0 Å². The fraction of sp³-hybridized carbons (Fsp3) is 0.0714. The van der Waals surface area contributed by atoms with Crippen LogP contribution in [0.1, 0.15) is 10.4 Å². The van der Waals surface area contributed by atoms with Gasteiger partial charge in [0.2, 0.25) is 0 Å². The maximum Gasteiger partial charge on any atom is 0.259 e. The van der Waals surface area contributed by atoms with Gasteiger partial charge in [-0.3, -0.25) is 4.79 Å². The second-order valence-corrected chi connectivity index (χ2v) is 4.87. The number of benzene rings is 2. The summed E-state index contributed by atoms with van der Waals surface area (Å²) in [5.74, 6) is -0.469. The Balaban J connectivity index is 2.28. The van der Waals surface area contributed by atoms with Crippen molar-refractivity contribution in [3.8, 4) is 5.75 Å². The summed E-state index contributed by atoms with van der Waals surface area (Å²) in [5, 5.41) is 2.66. The number of ether oxygens (including phenoxy) is 1. The molecule has 0 aromatic heterocycles. The number of carbonyl (C=O) groups is 1. The van der Waals surface area contributed by atoms with E-state index < -0.39 is 5.82 Å². The summed E-state index contributed by atoms with van der Waals surface area (Å²) in [6.45, 7) is 0. The molecule has 104 valence electrons. The van der Waals surface area contributed by atoms with Crippen LogP contribution >= 0.6 is 15.9 Å². The van der Waals surface area contributed by atoms with Crippen LogP contribution in [0.25, 0.3) is 0 Å². The van der Waals surface area contributed by atoms with Crippen molar-refractivity contribution in [3.05, 3.63) is 52.3 Å². The second kappa shape index (κ2) is 5.92. The van der Waals surface area contributed by atoms with Crippen molar-refractivity contribution in [1.82, 2.24) is 0 Å². The van der Waals surface area contributed by atoms with Gasteiger partial charge in [0.1, 0.15) is 5.82 Å². The Morgan fingerprint density at radius 1 is 1.35 bits per heavy atom. The Kier molecular flexibility index (Phi) is 4.24. The maximum absolute atomic E-state index is 13.1. The average molecular weight is 339 g/mol. The van der Waals surface area contributed by atoms with Gasteiger partial charge in [0, 0.05) is 5.69 Å². The molecular weight excluding hydrogens is 327 g/mol. The number of carbonyl (C=O) groups excluding carboxylic acids is 1. The lowest BCUT2D eigenvalue weighted by Crippen LogP contribution is -2.14. The summed E-state index contributed by atoms with van der Waals surface area (Å²) in [6.07, 6.45) is 0. The van der Waals surface area contributed by atoms with Gasteiger partial charge in [-0.2, -0.15) is 0 Å². The number of para-hydroxylation sites is 1. The lowest BCUT2D eigenvalue weighted by molar-refractivity contribution is 0.102. The topological polar surface area (TPSA) is 64.3 Å². The van der Waals surface area contributed by atoms with Crippen LogP contribution in [0.5, 0.6) is 5.75 Å². The lowest BCUT2D eigenvalue weighted by atomic mass is 10.1. The predicted molar refractivity (Wildman–Crippen MR) is 79.5 cm³/mol. The molecule has 3 N–H and O–H groups in total. The minimum atomic E-state index is -0.399. The normalized spacial score (nSPS) is 10.2. The molecule has 2 aromatic carbocycles. The molecule has 0 atom stereocenters. The number of anilines is 2. The van der Waals surface area contributed by atoms with E-state index in [4.69, 9.17) is 10.5 Å². The highest BCUT2D eigenvalue weighted by Gasteiger charge is 2.15. The fourth-order valence-corrected chi connectivity index (χ4v) is 2.11. The number of nitrogens with one attached hydrogen (secondary N) is 1. The molecular formula is C14H12BrFN2O2. The van der Waals surface area contributed by atoms with E-state index in [1.165, 1.54) is 25.3 Å². The largest absolute Gasteiger partial charge is 0.494 e. The molecule has 0 aliphatic carbocycles. The zero-order valence-electron chi connectivity index (χ0n) is 10.6. The van der Waals surface area contributed by atoms with Gasteiger partial charge in [-0.15, -0.1) is 0 Å². The highest BCUT2D eigenvalue weighted by molar-refractivity contribution is 9.10. The average Bonchev–Trinajstić information content (AvgIpc) is 2.42. The lowest BCUT2D eigenvalue weighted by Gasteiger charge is -2.11. The molecule has 1 amide bonds. The van der Waals surface area contributed by atoms with Gasteiger partial charge in [0.05, 0.1) is 22.8 Å². The smallest absolute Gasteiger partial charge is 0.259 e. The molecule has 0 aliphatic heterocycles. The van der Waals surface area contributed by atoms with Crippen molar-refractivity contribution in [1.29, 1.82) is 0 Å². The molecule has 6 heteroatoms. The predicted octanol–water partition coefficient (Wildman–Crippen LogP) is 3.43. The molecule has 20 heavy (non-hydrogen) atoms. The van der Waals surface area contributed by atoms with Gasteiger partial charge in [0.25, 0.3) is 5.91 Å². The van der Waals surface area contributed by atoms with Gasteiger partial charge in [-0.1, -0.05) is 6.07 Å². The molecule has 0 saturated heterocycles. The van der Waals surface area contributed by atoms with Crippen molar-refractivity contribution in [3.63, 3.8) is 0 Å². The van der Waals surface area contributed by atoms with Crippen molar-refractivity contribution in [2.75, 3.05) is 18.2 Å². The van der Waals surface area contributed by atoms with Gasteiger partial charge in [0.15, 0.2) is 5.75 Å². The Hall–Kier alpha value is -2.08. The van der Waals surface area contributed by atoms with Gasteiger partial charge >= 0.3 is 0 Å². The number of methoxy groups -OCH3 is 1. The SMILES string of the molecule is COc1c(N)cccc1C(=O)Nc1ccc(F)c(Br)c1. The Morgan fingerprint density at radius 3 is 2.75 bits per heavy atom. The molecule has 2 aromatic rings. The van der Waals surface area contributed by atoms with Crippen LogP contribution < -0.4 is 15.8 Å². The van der Waals surface area contributed by atoms with E-state index in [-0.39, 0.29) is 10.4 Å². The third kappa shape index (κ3) is 2.91. The number of amides is 1. The summed E-state index contributed by atoms with van der Waals surface area (Å²) >= 11 is 3.06. The molecule has 2 rings (SSSR count). The third-order valence-electron chi connectivity index (χ3n) is 2.67. The zero-order chi connectivity index (χ0) is 14.7. The van der Waals surface area contributed by atoms with E-state index in [1.54, 1.807) is 18.2 Å². The first-order valence-corrected chi connectivity index (χ1v) is 6.51. The third-order valence-corrected chi connectivity index (χ3v) is 3.28. The molecule has 0 bridgehead atoms. The molecule has 0 heterocycles. The molecule has 0 fully saturated rings. The van der Waals surface area contributed by atoms with Gasteiger partial charge in [-0.05, 0) is 46.3 Å². The van der Waals surface area contributed by atoms with Gasteiger partial charge < -0.3 is 15.8 Å². The first kappa shape index (κ1) is 14.3. The first-order valence-electron chi connectivity index (χ1n) is 5.72. The van der Waals surface area contributed by atoms with Crippen LogP contribution in [0.15, 0.2) is 40.9 Å². The minimum Gasteiger partial charge on any atom is -0.494 e. The summed E-state index contributed by atoms with van der Waals surface area (Å²) in [6, 6.07) is 9.11. The first-order chi connectivity index (χ1) is 9.52. The number of halogens is 2. The Morgan fingerprint density at radius 2 is 2.10 bits per heavy atom. The molecule has 4 nitrogen and oxygen atoms in total. The standard InChI is InChI=1S/C14H12BrFN2O2/c1-20-13-9(3-2-4-12(13)17)14(19)18-8-5-6-11(16)10(15)7-8/h2-7H,17H2,1H3,(H,18,19). The van der Waals surface area contributed by atoms with E-state index in [9.17, 15) is 9.18 Å². The fourth-order valence-electron chi connectivity index (χ4n) is 1.73. The van der Waals surface area contributed by atoms with Crippen molar-refractivity contribution in [2.24, 2.45) is 0 Å². The highest BCUT2D eigenvalue weighted by atomic mass is 79.9. The van der Waals surface area contributed by atoms with Crippen LogP contribution in [0.3, 0.4) is 0 Å². The monoisotopic (exact) mass is 338 g/mol. The van der Waals surface area contributed by atoms with Crippen molar-refractivity contribution < 1.29 is 13.9 Å². The molecule has 0 aliphatic rings. The summed E-state index contributed by atoms with van der Waals surface area (Å²) in [5.41, 5.74) is 6.90. The zero-order valence-corrected chi connectivity index (χ0v) is 12.2. The van der Waals surface area contributed by atoms with E-state index in [1.807, 2.05) is 0 Å². The summed E-state index contributed by atoms with van der Waals surface area (Å²) < 4.78 is 18.5. The Labute approximate surface area is 123 Å². The van der Waals surface area contributed by atoms with E-state index in [2.05, 4.69) is 21.2 Å². The molecule has 0 radical (unpaired) electrons. The number of hydrogen-bond acceptors (Lipinski definition) is 3. The van der Waals surface area contributed by atoms with E-state index >= 15 is 0 Å². The van der Waals surface area contributed by atoms with Crippen molar-refractivity contribution >= 4 is 33.2 Å². The van der Waals surface area contributed by atoms with E-state index in [0.717, 1.165) is 0 Å². The number of nitrogen functional groups attached to an aromatic ring is 1.